The molecule has 0 unspecified atom stereocenters. The minimum atomic E-state index is -0.235. The van der Waals surface area contributed by atoms with E-state index < -0.39 is 0 Å². The minimum Gasteiger partial charge on any atom is -0.323 e. The van der Waals surface area contributed by atoms with Crippen molar-refractivity contribution < 1.29 is 9.59 Å². The quantitative estimate of drug-likeness (QED) is 0.616. The van der Waals surface area contributed by atoms with Gasteiger partial charge in [-0.1, -0.05) is 36.4 Å². The molecule has 0 spiro atoms. The molecule has 2 amide bonds. The van der Waals surface area contributed by atoms with Crippen LogP contribution in [0.2, 0.25) is 0 Å². The van der Waals surface area contributed by atoms with Crippen LogP contribution in [0.5, 0.6) is 0 Å². The Morgan fingerprint density at radius 1 is 0.966 bits per heavy atom. The molecule has 2 aromatic carbocycles. The van der Waals surface area contributed by atoms with E-state index in [-0.39, 0.29) is 11.8 Å². The van der Waals surface area contributed by atoms with Crippen molar-refractivity contribution in [2.24, 2.45) is 0 Å². The summed E-state index contributed by atoms with van der Waals surface area (Å²) in [5.74, 6) is -0.200. The van der Waals surface area contributed by atoms with Crippen molar-refractivity contribution in [2.75, 3.05) is 16.8 Å². The van der Waals surface area contributed by atoms with Gasteiger partial charge in [0.1, 0.15) is 0 Å². The monoisotopic (exact) mass is 385 g/mol. The number of rotatable bonds is 7. The normalized spacial score (nSPS) is 10.7. The van der Waals surface area contributed by atoms with Crippen LogP contribution in [-0.4, -0.2) is 23.3 Å². The van der Waals surface area contributed by atoms with Crippen LogP contribution in [0.25, 0.3) is 6.08 Å². The van der Waals surface area contributed by atoms with Gasteiger partial charge in [0.25, 0.3) is 0 Å². The summed E-state index contributed by atoms with van der Waals surface area (Å²) in [4.78, 5) is 30.6. The van der Waals surface area contributed by atoms with Crippen molar-refractivity contribution in [3.05, 3.63) is 96.3 Å². The minimum absolute atomic E-state index is 0.0359. The SMILES string of the molecule is CCN(C(=O)Cc1ccc(NC(=O)/C=C/c2ccccn2)cc1)c1ccccc1. The highest BCUT2D eigenvalue weighted by Gasteiger charge is 2.14. The highest BCUT2D eigenvalue weighted by atomic mass is 16.2. The molecule has 5 nitrogen and oxygen atoms in total. The van der Waals surface area contributed by atoms with Crippen LogP contribution in [0.3, 0.4) is 0 Å². The average Bonchev–Trinajstić information content (AvgIpc) is 2.76. The molecule has 0 saturated carbocycles. The smallest absolute Gasteiger partial charge is 0.248 e. The first kappa shape index (κ1) is 20.0. The number of nitrogens with one attached hydrogen (secondary N) is 1. The van der Waals surface area contributed by atoms with E-state index in [1.807, 2.05) is 67.6 Å². The zero-order valence-electron chi connectivity index (χ0n) is 16.3. The number of likely N-dealkylation sites (N-methyl/N-ethyl adjacent to an activating group) is 1. The van der Waals surface area contributed by atoms with Crippen molar-refractivity contribution in [1.82, 2.24) is 4.98 Å². The zero-order chi connectivity index (χ0) is 20.5. The van der Waals surface area contributed by atoms with E-state index in [1.165, 1.54) is 6.08 Å². The fourth-order valence-corrected chi connectivity index (χ4v) is 2.91. The Morgan fingerprint density at radius 2 is 1.69 bits per heavy atom. The van der Waals surface area contributed by atoms with Crippen molar-refractivity contribution in [2.45, 2.75) is 13.3 Å². The maximum absolute atomic E-state index is 12.7. The van der Waals surface area contributed by atoms with Gasteiger partial charge in [0, 0.05) is 30.2 Å². The number of carbonyl (C=O) groups excluding carboxylic acids is 2. The Balaban J connectivity index is 1.57. The Labute approximate surface area is 170 Å². The summed E-state index contributed by atoms with van der Waals surface area (Å²) in [6.07, 6.45) is 5.08. The highest BCUT2D eigenvalue weighted by Crippen LogP contribution is 2.16. The molecule has 0 radical (unpaired) electrons. The van der Waals surface area contributed by atoms with Gasteiger partial charge in [-0.2, -0.15) is 0 Å². The molecular weight excluding hydrogens is 362 g/mol. The predicted octanol–water partition coefficient (Wildman–Crippen LogP) is 4.33. The number of amides is 2. The van der Waals surface area contributed by atoms with E-state index in [4.69, 9.17) is 0 Å². The second kappa shape index (κ2) is 9.99. The van der Waals surface area contributed by atoms with Gasteiger partial charge < -0.3 is 10.2 Å². The van der Waals surface area contributed by atoms with Crippen LogP contribution in [0.15, 0.2) is 85.1 Å². The van der Waals surface area contributed by atoms with Gasteiger partial charge in [0.2, 0.25) is 11.8 Å². The lowest BCUT2D eigenvalue weighted by molar-refractivity contribution is -0.118. The molecule has 0 fully saturated rings. The van der Waals surface area contributed by atoms with Crippen molar-refractivity contribution in [3.8, 4) is 0 Å². The number of hydrogen-bond donors (Lipinski definition) is 1. The Kier molecular flexibility index (Phi) is 6.90. The van der Waals surface area contributed by atoms with E-state index >= 15 is 0 Å². The van der Waals surface area contributed by atoms with Crippen LogP contribution in [0.4, 0.5) is 11.4 Å². The Hall–Kier alpha value is -3.73. The number of para-hydroxylation sites is 1. The van der Waals surface area contributed by atoms with Gasteiger partial charge in [-0.3, -0.25) is 14.6 Å². The molecule has 1 aromatic heterocycles. The summed E-state index contributed by atoms with van der Waals surface area (Å²) >= 11 is 0. The molecule has 3 aromatic rings. The second-order valence-corrected chi connectivity index (χ2v) is 6.42. The molecule has 1 N–H and O–H groups in total. The maximum Gasteiger partial charge on any atom is 0.248 e. The molecule has 0 bridgehead atoms. The summed E-state index contributed by atoms with van der Waals surface area (Å²) in [6, 6.07) is 22.5. The average molecular weight is 385 g/mol. The van der Waals surface area contributed by atoms with Gasteiger partial charge in [-0.25, -0.2) is 0 Å². The van der Waals surface area contributed by atoms with E-state index in [0.717, 1.165) is 16.9 Å². The first-order chi connectivity index (χ1) is 14.2. The fourth-order valence-electron chi connectivity index (χ4n) is 2.91. The molecular formula is C24H23N3O2. The molecule has 0 atom stereocenters. The third kappa shape index (κ3) is 5.87. The first-order valence-corrected chi connectivity index (χ1v) is 9.50. The van der Waals surface area contributed by atoms with E-state index in [1.54, 1.807) is 29.3 Å². The van der Waals surface area contributed by atoms with Crippen LogP contribution in [0, 0.1) is 0 Å². The summed E-state index contributed by atoms with van der Waals surface area (Å²) in [5, 5.41) is 2.80. The first-order valence-electron chi connectivity index (χ1n) is 9.50. The fraction of sp³-hybridized carbons (Fsp3) is 0.125. The summed E-state index contributed by atoms with van der Waals surface area (Å²) in [5.41, 5.74) is 3.18. The lowest BCUT2D eigenvalue weighted by Gasteiger charge is -2.21. The number of nitrogens with zero attached hydrogens (tertiary/aromatic N) is 2. The van der Waals surface area contributed by atoms with Crippen molar-refractivity contribution in [3.63, 3.8) is 0 Å². The number of pyridine rings is 1. The van der Waals surface area contributed by atoms with Crippen LogP contribution >= 0.6 is 0 Å². The molecule has 0 saturated heterocycles. The van der Waals surface area contributed by atoms with Gasteiger partial charge in [0.05, 0.1) is 12.1 Å². The van der Waals surface area contributed by atoms with Crippen LogP contribution in [-0.2, 0) is 16.0 Å². The number of aromatic nitrogens is 1. The standard InChI is InChI=1S/C24H23N3O2/c1-2-27(22-9-4-3-5-10-22)24(29)18-19-11-13-21(14-12-19)26-23(28)16-15-20-8-6-7-17-25-20/h3-17H,2,18H2,1H3,(H,26,28)/b16-15+. The van der Waals surface area contributed by atoms with Crippen LogP contribution in [0.1, 0.15) is 18.2 Å². The van der Waals surface area contributed by atoms with Gasteiger partial charge in [-0.05, 0) is 55.0 Å². The molecule has 29 heavy (non-hydrogen) atoms. The van der Waals surface area contributed by atoms with Gasteiger partial charge in [-0.15, -0.1) is 0 Å². The summed E-state index contributed by atoms with van der Waals surface area (Å²) in [6.45, 7) is 2.57. The van der Waals surface area contributed by atoms with Gasteiger partial charge >= 0.3 is 0 Å². The summed E-state index contributed by atoms with van der Waals surface area (Å²) in [7, 11) is 0. The lowest BCUT2D eigenvalue weighted by Crippen LogP contribution is -2.31. The molecule has 0 aliphatic carbocycles. The molecule has 3 rings (SSSR count). The molecule has 0 aliphatic rings. The Morgan fingerprint density at radius 3 is 2.34 bits per heavy atom. The third-order valence-electron chi connectivity index (χ3n) is 4.36. The lowest BCUT2D eigenvalue weighted by atomic mass is 10.1. The topological polar surface area (TPSA) is 62.3 Å². The highest BCUT2D eigenvalue weighted by molar-refractivity contribution is 6.01. The zero-order valence-corrected chi connectivity index (χ0v) is 16.3. The van der Waals surface area contributed by atoms with Crippen LogP contribution < -0.4 is 10.2 Å². The maximum atomic E-state index is 12.7. The number of benzene rings is 2. The molecule has 5 heteroatoms. The van der Waals surface area contributed by atoms with Gasteiger partial charge in [0.15, 0.2) is 0 Å². The molecule has 146 valence electrons. The number of anilines is 2. The molecule has 0 aliphatic heterocycles. The predicted molar refractivity (Wildman–Crippen MR) is 117 cm³/mol. The number of hydrogen-bond acceptors (Lipinski definition) is 3. The largest absolute Gasteiger partial charge is 0.323 e. The third-order valence-corrected chi connectivity index (χ3v) is 4.36. The van der Waals surface area contributed by atoms with Crippen molar-refractivity contribution in [1.29, 1.82) is 0 Å². The van der Waals surface area contributed by atoms with Crippen molar-refractivity contribution >= 4 is 29.3 Å². The second-order valence-electron chi connectivity index (χ2n) is 6.42. The number of carbonyl (C=O) groups is 2. The summed E-state index contributed by atoms with van der Waals surface area (Å²) < 4.78 is 0. The van der Waals surface area contributed by atoms with E-state index in [9.17, 15) is 9.59 Å². The van der Waals surface area contributed by atoms with E-state index in [2.05, 4.69) is 10.3 Å². The Bertz CT molecular complexity index is 968. The molecule has 1 heterocycles. The van der Waals surface area contributed by atoms with E-state index in [0.29, 0.717) is 18.7 Å².